The maximum absolute atomic E-state index is 11.9. The van der Waals surface area contributed by atoms with Crippen molar-refractivity contribution < 1.29 is 9.32 Å². The Morgan fingerprint density at radius 3 is 3.07 bits per heavy atom. The molecular weight excluding hydrogens is 196 g/mol. The van der Waals surface area contributed by atoms with E-state index in [1.54, 1.807) is 11.8 Å². The van der Waals surface area contributed by atoms with Gasteiger partial charge in [0, 0.05) is 32.6 Å². The number of hydrogen-bond donors (Lipinski definition) is 1. The molecule has 0 unspecified atom stereocenters. The summed E-state index contributed by atoms with van der Waals surface area (Å²) in [5.41, 5.74) is 0. The van der Waals surface area contributed by atoms with Crippen molar-refractivity contribution in [1.82, 2.24) is 20.4 Å². The molecule has 82 valence electrons. The maximum atomic E-state index is 11.9. The lowest BCUT2D eigenvalue weighted by Crippen LogP contribution is -2.52. The normalized spacial score (nSPS) is 21.7. The molecular formula is C9H14N4O2. The first-order valence-electron chi connectivity index (χ1n) is 5.00. The molecule has 1 fully saturated rings. The van der Waals surface area contributed by atoms with Crippen molar-refractivity contribution in [1.29, 1.82) is 0 Å². The molecule has 0 spiro atoms. The van der Waals surface area contributed by atoms with Crippen LogP contribution in [0.1, 0.15) is 23.4 Å². The summed E-state index contributed by atoms with van der Waals surface area (Å²) in [7, 11) is 0. The van der Waals surface area contributed by atoms with Gasteiger partial charge in [-0.25, -0.2) is 0 Å². The van der Waals surface area contributed by atoms with E-state index < -0.39 is 0 Å². The largest absolute Gasteiger partial charge is 0.339 e. The predicted octanol–water partition coefficient (Wildman–Crippen LogP) is -0.188. The Kier molecular flexibility index (Phi) is 2.68. The van der Waals surface area contributed by atoms with E-state index >= 15 is 0 Å². The zero-order valence-electron chi connectivity index (χ0n) is 8.86. The Labute approximate surface area is 87.6 Å². The number of carbonyl (C=O) groups excluding carboxylic acids is 1. The Hall–Kier alpha value is -1.43. The van der Waals surface area contributed by atoms with E-state index in [0.29, 0.717) is 12.4 Å². The minimum Gasteiger partial charge on any atom is -0.339 e. The fraction of sp³-hybridized carbons (Fsp3) is 0.667. The van der Waals surface area contributed by atoms with Gasteiger partial charge < -0.3 is 14.7 Å². The third kappa shape index (κ3) is 1.99. The summed E-state index contributed by atoms with van der Waals surface area (Å²) in [6, 6.07) is 0.171. The summed E-state index contributed by atoms with van der Waals surface area (Å²) in [6.07, 6.45) is 0. The number of hydrogen-bond acceptors (Lipinski definition) is 5. The van der Waals surface area contributed by atoms with Crippen LogP contribution in [-0.4, -0.2) is 46.6 Å². The van der Waals surface area contributed by atoms with Gasteiger partial charge in [-0.15, -0.1) is 0 Å². The van der Waals surface area contributed by atoms with Crippen LogP contribution >= 0.6 is 0 Å². The van der Waals surface area contributed by atoms with Crippen molar-refractivity contribution >= 4 is 5.91 Å². The molecule has 1 atom stereocenters. The van der Waals surface area contributed by atoms with Crippen LogP contribution in [-0.2, 0) is 0 Å². The van der Waals surface area contributed by atoms with Gasteiger partial charge in [-0.3, -0.25) is 4.79 Å². The second-order valence-corrected chi connectivity index (χ2v) is 3.69. The van der Waals surface area contributed by atoms with Gasteiger partial charge in [0.2, 0.25) is 5.89 Å². The molecule has 6 nitrogen and oxygen atoms in total. The van der Waals surface area contributed by atoms with Crippen molar-refractivity contribution in [2.75, 3.05) is 19.6 Å². The lowest BCUT2D eigenvalue weighted by atomic mass is 10.2. The highest BCUT2D eigenvalue weighted by Gasteiger charge is 2.26. The van der Waals surface area contributed by atoms with Gasteiger partial charge in [0.15, 0.2) is 0 Å². The van der Waals surface area contributed by atoms with Crippen LogP contribution in [0.4, 0.5) is 0 Å². The molecule has 2 heterocycles. The highest BCUT2D eigenvalue weighted by molar-refractivity contribution is 5.90. The third-order valence-corrected chi connectivity index (χ3v) is 2.48. The molecule has 1 aliphatic rings. The Morgan fingerprint density at radius 2 is 2.47 bits per heavy atom. The highest BCUT2D eigenvalue weighted by atomic mass is 16.5. The minimum absolute atomic E-state index is 0.152. The molecule has 1 aromatic heterocycles. The van der Waals surface area contributed by atoms with Crippen molar-refractivity contribution in [2.24, 2.45) is 0 Å². The van der Waals surface area contributed by atoms with Crippen molar-refractivity contribution in [3.8, 4) is 0 Å². The molecule has 0 aromatic carbocycles. The smallest absolute Gasteiger partial charge is 0.295 e. The summed E-state index contributed by atoms with van der Waals surface area (Å²) in [5.74, 6) is 0.420. The summed E-state index contributed by atoms with van der Waals surface area (Å²) in [4.78, 5) is 17.6. The summed E-state index contributed by atoms with van der Waals surface area (Å²) in [5, 5.41) is 6.85. The number of carbonyl (C=O) groups is 1. The first kappa shape index (κ1) is 10.1. The number of aryl methyl sites for hydroxylation is 1. The Morgan fingerprint density at radius 1 is 1.67 bits per heavy atom. The van der Waals surface area contributed by atoms with E-state index in [9.17, 15) is 4.79 Å². The monoisotopic (exact) mass is 210 g/mol. The summed E-state index contributed by atoms with van der Waals surface area (Å²) in [6.45, 7) is 5.98. The standard InChI is InChI=1S/C9H14N4O2/c1-6-5-10-3-4-13(6)9(14)8-11-7(2)15-12-8/h6,10H,3-5H2,1-2H3/t6-/m0/s1. The number of amides is 1. The van der Waals surface area contributed by atoms with Gasteiger partial charge in [0.05, 0.1) is 0 Å². The van der Waals surface area contributed by atoms with Crippen LogP contribution in [0.5, 0.6) is 0 Å². The first-order chi connectivity index (χ1) is 7.18. The van der Waals surface area contributed by atoms with E-state index in [1.807, 2.05) is 6.92 Å². The molecule has 2 rings (SSSR count). The van der Waals surface area contributed by atoms with Gasteiger partial charge >= 0.3 is 0 Å². The zero-order valence-corrected chi connectivity index (χ0v) is 8.86. The molecule has 0 bridgehead atoms. The molecule has 0 saturated carbocycles. The topological polar surface area (TPSA) is 71.3 Å². The number of aromatic nitrogens is 2. The van der Waals surface area contributed by atoms with E-state index in [4.69, 9.17) is 4.52 Å². The Balaban J connectivity index is 2.13. The second-order valence-electron chi connectivity index (χ2n) is 3.69. The summed E-state index contributed by atoms with van der Waals surface area (Å²) >= 11 is 0. The van der Waals surface area contributed by atoms with Gasteiger partial charge in [-0.2, -0.15) is 4.98 Å². The molecule has 1 aromatic rings. The zero-order chi connectivity index (χ0) is 10.8. The quantitative estimate of drug-likeness (QED) is 0.695. The minimum atomic E-state index is -0.152. The number of rotatable bonds is 1. The van der Waals surface area contributed by atoms with Gasteiger partial charge in [0.1, 0.15) is 0 Å². The van der Waals surface area contributed by atoms with Gasteiger partial charge in [-0.05, 0) is 6.92 Å². The fourth-order valence-electron chi connectivity index (χ4n) is 1.66. The molecule has 1 aliphatic heterocycles. The van der Waals surface area contributed by atoms with Gasteiger partial charge in [-0.1, -0.05) is 5.16 Å². The Bertz CT molecular complexity index is 363. The average Bonchev–Trinajstić information content (AvgIpc) is 2.65. The second kappa shape index (κ2) is 3.98. The molecule has 1 amide bonds. The highest BCUT2D eigenvalue weighted by Crippen LogP contribution is 2.07. The molecule has 1 saturated heterocycles. The lowest BCUT2D eigenvalue weighted by Gasteiger charge is -2.32. The maximum Gasteiger partial charge on any atom is 0.295 e. The van der Waals surface area contributed by atoms with Crippen LogP contribution in [0.2, 0.25) is 0 Å². The lowest BCUT2D eigenvalue weighted by molar-refractivity contribution is 0.0640. The van der Waals surface area contributed by atoms with Crippen LogP contribution < -0.4 is 5.32 Å². The van der Waals surface area contributed by atoms with Crippen LogP contribution in [0.15, 0.2) is 4.52 Å². The third-order valence-electron chi connectivity index (χ3n) is 2.48. The van der Waals surface area contributed by atoms with Crippen LogP contribution in [0.25, 0.3) is 0 Å². The van der Waals surface area contributed by atoms with Crippen LogP contribution in [0, 0.1) is 6.92 Å². The molecule has 15 heavy (non-hydrogen) atoms. The van der Waals surface area contributed by atoms with Crippen molar-refractivity contribution in [2.45, 2.75) is 19.9 Å². The molecule has 6 heteroatoms. The van der Waals surface area contributed by atoms with Crippen molar-refractivity contribution in [3.05, 3.63) is 11.7 Å². The van der Waals surface area contributed by atoms with Crippen LogP contribution in [0.3, 0.4) is 0 Å². The molecule has 1 N–H and O–H groups in total. The van der Waals surface area contributed by atoms with E-state index in [2.05, 4.69) is 15.5 Å². The van der Waals surface area contributed by atoms with E-state index in [0.717, 1.165) is 13.1 Å². The molecule has 0 aliphatic carbocycles. The first-order valence-corrected chi connectivity index (χ1v) is 5.00. The predicted molar refractivity (Wildman–Crippen MR) is 52.4 cm³/mol. The fourth-order valence-corrected chi connectivity index (χ4v) is 1.66. The van der Waals surface area contributed by atoms with E-state index in [1.165, 1.54) is 0 Å². The molecule has 0 radical (unpaired) electrons. The number of nitrogens with one attached hydrogen (secondary N) is 1. The van der Waals surface area contributed by atoms with Crippen molar-refractivity contribution in [3.63, 3.8) is 0 Å². The number of piperazine rings is 1. The average molecular weight is 210 g/mol. The SMILES string of the molecule is Cc1nc(C(=O)N2CCNC[C@@H]2C)no1. The number of nitrogens with zero attached hydrogens (tertiary/aromatic N) is 3. The summed E-state index contributed by atoms with van der Waals surface area (Å²) < 4.78 is 4.79. The van der Waals surface area contributed by atoms with Gasteiger partial charge in [0.25, 0.3) is 11.7 Å². The van der Waals surface area contributed by atoms with E-state index in [-0.39, 0.29) is 17.8 Å².